The van der Waals surface area contributed by atoms with E-state index in [2.05, 4.69) is 41.5 Å². The van der Waals surface area contributed by atoms with Gasteiger partial charge in [-0.3, -0.25) is 37.3 Å². The van der Waals surface area contributed by atoms with Gasteiger partial charge in [-0.2, -0.15) is 0 Å². The van der Waals surface area contributed by atoms with Crippen LogP contribution in [0.4, 0.5) is 0 Å². The van der Waals surface area contributed by atoms with Crippen LogP contribution in [0.15, 0.2) is 0 Å². The number of unbranched alkanes of at least 4 members (excludes halogenated alkanes) is 31. The molecule has 0 aromatic rings. The van der Waals surface area contributed by atoms with E-state index in [1.165, 1.54) is 89.9 Å². The fourth-order valence-corrected chi connectivity index (χ4v) is 10.8. The van der Waals surface area contributed by atoms with E-state index in [4.69, 9.17) is 37.0 Å². The molecule has 0 aliphatic heterocycles. The maximum Gasteiger partial charge on any atom is 0.472 e. The van der Waals surface area contributed by atoms with E-state index in [0.29, 0.717) is 31.6 Å². The molecule has 0 aliphatic rings. The van der Waals surface area contributed by atoms with Crippen molar-refractivity contribution < 1.29 is 80.2 Å². The van der Waals surface area contributed by atoms with Crippen LogP contribution < -0.4 is 0 Å². The molecule has 0 aliphatic carbocycles. The number of phosphoric acid groups is 2. The molecule has 0 amide bonds. The first-order valence-corrected chi connectivity index (χ1v) is 35.5. The van der Waals surface area contributed by atoms with Gasteiger partial charge < -0.3 is 33.8 Å². The molecule has 0 aromatic carbocycles. The highest BCUT2D eigenvalue weighted by molar-refractivity contribution is 7.47. The van der Waals surface area contributed by atoms with Crippen LogP contribution in [0.3, 0.4) is 0 Å². The molecule has 19 heteroatoms. The molecule has 81 heavy (non-hydrogen) atoms. The van der Waals surface area contributed by atoms with Gasteiger partial charge in [0.1, 0.15) is 19.3 Å². The van der Waals surface area contributed by atoms with Gasteiger partial charge in [0.05, 0.1) is 26.4 Å². The minimum Gasteiger partial charge on any atom is -0.462 e. The molecule has 0 saturated heterocycles. The average molecular weight is 1200 g/mol. The van der Waals surface area contributed by atoms with Crippen LogP contribution >= 0.6 is 15.6 Å². The quantitative estimate of drug-likeness (QED) is 0.0222. The van der Waals surface area contributed by atoms with Crippen molar-refractivity contribution in [2.24, 2.45) is 11.8 Å². The molecule has 2 unspecified atom stereocenters. The van der Waals surface area contributed by atoms with Crippen LogP contribution in [0.5, 0.6) is 0 Å². The Bertz CT molecular complexity index is 1600. The van der Waals surface area contributed by atoms with Crippen LogP contribution in [0.1, 0.15) is 305 Å². The van der Waals surface area contributed by atoms with E-state index in [9.17, 15) is 43.2 Å². The summed E-state index contributed by atoms with van der Waals surface area (Å²) < 4.78 is 67.7. The lowest BCUT2D eigenvalue weighted by Gasteiger charge is -2.21. The minimum absolute atomic E-state index is 0.103. The number of aliphatic hydroxyl groups is 1. The largest absolute Gasteiger partial charge is 0.472 e. The first-order valence-electron chi connectivity index (χ1n) is 32.5. The maximum atomic E-state index is 12.9. The van der Waals surface area contributed by atoms with Crippen LogP contribution in [0.25, 0.3) is 0 Å². The first-order chi connectivity index (χ1) is 38.9. The highest BCUT2D eigenvalue weighted by Crippen LogP contribution is 2.45. The Hall–Kier alpha value is -1.94. The van der Waals surface area contributed by atoms with E-state index in [1.54, 1.807) is 0 Å². The SMILES string of the molecule is CCCCCCCCCC(=O)OC[C@H](COP(=O)(O)OC[C@H](O)COP(=O)(O)OC[C@@H](COC(=O)CCCCCCCCCC(C)C)OC(=O)CCCCCCCCCCCCCCCCC(C)C)OC(=O)CCCCCCCCC. The van der Waals surface area contributed by atoms with Crippen molar-refractivity contribution in [3.63, 3.8) is 0 Å². The van der Waals surface area contributed by atoms with Gasteiger partial charge in [-0.05, 0) is 37.5 Å². The summed E-state index contributed by atoms with van der Waals surface area (Å²) in [6, 6.07) is 0. The maximum absolute atomic E-state index is 12.9. The summed E-state index contributed by atoms with van der Waals surface area (Å²) in [6.45, 7) is 9.36. The number of hydrogen-bond acceptors (Lipinski definition) is 15. The van der Waals surface area contributed by atoms with Crippen molar-refractivity contribution >= 4 is 39.5 Å². The van der Waals surface area contributed by atoms with Crippen LogP contribution in [0.2, 0.25) is 0 Å². The summed E-state index contributed by atoms with van der Waals surface area (Å²) in [5.41, 5.74) is 0. The molecule has 0 saturated carbocycles. The number of rotatable bonds is 61. The number of ether oxygens (including phenoxy) is 4. The summed E-state index contributed by atoms with van der Waals surface area (Å²) in [7, 11) is -9.87. The van der Waals surface area contributed by atoms with Gasteiger partial charge in [0.25, 0.3) is 0 Å². The van der Waals surface area contributed by atoms with Gasteiger partial charge in [-0.25, -0.2) is 9.13 Å². The lowest BCUT2D eigenvalue weighted by Crippen LogP contribution is -2.30. The molecule has 0 spiro atoms. The third kappa shape index (κ3) is 56.9. The van der Waals surface area contributed by atoms with Gasteiger partial charge in [0, 0.05) is 25.7 Å². The van der Waals surface area contributed by atoms with Crippen LogP contribution in [-0.2, 0) is 65.4 Å². The molecule has 0 bridgehead atoms. The molecular formula is C62H120O17P2. The Morgan fingerprint density at radius 3 is 0.840 bits per heavy atom. The predicted octanol–water partition coefficient (Wildman–Crippen LogP) is 16.9. The molecule has 17 nitrogen and oxygen atoms in total. The monoisotopic (exact) mass is 1200 g/mol. The summed E-state index contributed by atoms with van der Waals surface area (Å²) in [4.78, 5) is 71.8. The topological polar surface area (TPSA) is 237 Å². The van der Waals surface area contributed by atoms with E-state index in [-0.39, 0.29) is 25.7 Å². The molecule has 0 aromatic heterocycles. The summed E-state index contributed by atoms with van der Waals surface area (Å²) in [5.74, 6) is -0.646. The van der Waals surface area contributed by atoms with Crippen molar-refractivity contribution in [2.75, 3.05) is 39.6 Å². The Morgan fingerprint density at radius 1 is 0.333 bits per heavy atom. The van der Waals surface area contributed by atoms with E-state index < -0.39 is 97.5 Å². The molecule has 0 fully saturated rings. The zero-order valence-electron chi connectivity index (χ0n) is 52.1. The number of esters is 4. The van der Waals surface area contributed by atoms with Gasteiger partial charge in [-0.15, -0.1) is 0 Å². The van der Waals surface area contributed by atoms with Crippen molar-refractivity contribution in [1.29, 1.82) is 0 Å². The first kappa shape index (κ1) is 79.1. The smallest absolute Gasteiger partial charge is 0.462 e. The van der Waals surface area contributed by atoms with Crippen LogP contribution in [-0.4, -0.2) is 96.7 Å². The van der Waals surface area contributed by atoms with E-state index >= 15 is 0 Å². The molecule has 0 heterocycles. The number of aliphatic hydroxyl groups excluding tert-OH is 1. The number of phosphoric ester groups is 2. The number of carbonyl (C=O) groups excluding carboxylic acids is 4. The zero-order valence-corrected chi connectivity index (χ0v) is 53.9. The van der Waals surface area contributed by atoms with Gasteiger partial charge in [0.15, 0.2) is 12.2 Å². The highest BCUT2D eigenvalue weighted by atomic mass is 31.2. The second kappa shape index (κ2) is 54.7. The van der Waals surface area contributed by atoms with Gasteiger partial charge in [-0.1, -0.05) is 253 Å². The third-order valence-corrected chi connectivity index (χ3v) is 16.1. The van der Waals surface area contributed by atoms with Crippen molar-refractivity contribution in [3.05, 3.63) is 0 Å². The summed E-state index contributed by atoms with van der Waals surface area (Å²) >= 11 is 0. The summed E-state index contributed by atoms with van der Waals surface area (Å²) in [5, 5.41) is 10.5. The Labute approximate surface area is 492 Å². The Morgan fingerprint density at radius 2 is 0.568 bits per heavy atom. The summed E-state index contributed by atoms with van der Waals surface area (Å²) in [6.07, 6.45) is 36.6. The normalized spacial score (nSPS) is 14.4. The van der Waals surface area contributed by atoms with E-state index in [0.717, 1.165) is 128 Å². The van der Waals surface area contributed by atoms with Crippen LogP contribution in [0, 0.1) is 11.8 Å². The second-order valence-electron chi connectivity index (χ2n) is 23.4. The number of carbonyl (C=O) groups is 4. The van der Waals surface area contributed by atoms with Crippen molar-refractivity contribution in [1.82, 2.24) is 0 Å². The van der Waals surface area contributed by atoms with Gasteiger partial charge in [0.2, 0.25) is 0 Å². The van der Waals surface area contributed by atoms with E-state index in [1.807, 2.05) is 0 Å². The average Bonchev–Trinajstić information content (AvgIpc) is 3.42. The molecule has 480 valence electrons. The third-order valence-electron chi connectivity index (χ3n) is 14.2. The minimum atomic E-state index is -4.94. The van der Waals surface area contributed by atoms with Gasteiger partial charge >= 0.3 is 39.5 Å². The molecule has 0 radical (unpaired) electrons. The molecule has 3 N–H and O–H groups in total. The van der Waals surface area contributed by atoms with Crippen molar-refractivity contribution in [3.8, 4) is 0 Å². The molecular weight excluding hydrogens is 1080 g/mol. The lowest BCUT2D eigenvalue weighted by atomic mass is 10.0. The second-order valence-corrected chi connectivity index (χ2v) is 26.3. The Balaban J connectivity index is 5.15. The zero-order chi connectivity index (χ0) is 60.1. The Kier molecular flexibility index (Phi) is 53.4. The fourth-order valence-electron chi connectivity index (χ4n) is 9.18. The molecule has 5 atom stereocenters. The highest BCUT2D eigenvalue weighted by Gasteiger charge is 2.30. The molecule has 0 rings (SSSR count). The lowest BCUT2D eigenvalue weighted by molar-refractivity contribution is -0.161. The standard InChI is InChI=1S/C62H120O17P2/c1-7-9-11-13-24-32-38-44-59(64)72-50-57(78-61(66)46-40-34-25-14-12-10-8-2)52-76-80(68,69)74-48-56(63)49-75-81(70,71)77-53-58(51-73-60(65)45-39-33-29-23-27-31-37-43-55(5)6)79-62(67)47-41-35-28-22-20-18-16-15-17-19-21-26-30-36-42-54(3)4/h54-58,63H,7-53H2,1-6H3,(H,68,69)(H,70,71)/t56-,57+,58+/m0/s1. The van der Waals surface area contributed by atoms with Crippen molar-refractivity contribution in [2.45, 2.75) is 323 Å². The predicted molar refractivity (Wildman–Crippen MR) is 321 cm³/mol. The fraction of sp³-hybridized carbons (Fsp3) is 0.935. The number of hydrogen-bond donors (Lipinski definition) is 3.